The summed E-state index contributed by atoms with van der Waals surface area (Å²) in [6.45, 7) is 5.65. The molecular formula is C27H30O4. The van der Waals surface area contributed by atoms with Crippen LogP contribution in [-0.4, -0.2) is 18.4 Å². The van der Waals surface area contributed by atoms with Crippen LogP contribution >= 0.6 is 0 Å². The molecule has 2 aromatic rings. The molecule has 4 heteroatoms. The van der Waals surface area contributed by atoms with E-state index in [-0.39, 0.29) is 18.4 Å². The van der Waals surface area contributed by atoms with Gasteiger partial charge in [-0.3, -0.25) is 4.79 Å². The van der Waals surface area contributed by atoms with E-state index in [1.807, 2.05) is 42.5 Å². The average molecular weight is 419 g/mol. The van der Waals surface area contributed by atoms with E-state index in [0.717, 1.165) is 48.0 Å². The maximum Gasteiger partial charge on any atom is 0.308 e. The summed E-state index contributed by atoms with van der Waals surface area (Å²) in [7, 11) is 0. The summed E-state index contributed by atoms with van der Waals surface area (Å²) in [4.78, 5) is 11.9. The maximum atomic E-state index is 11.9. The van der Waals surface area contributed by atoms with Crippen LogP contribution in [0.3, 0.4) is 0 Å². The lowest BCUT2D eigenvalue weighted by Gasteiger charge is -2.37. The topological polar surface area (TPSA) is 44.8 Å². The van der Waals surface area contributed by atoms with Crippen molar-refractivity contribution in [3.8, 4) is 0 Å². The van der Waals surface area contributed by atoms with Crippen molar-refractivity contribution in [3.05, 3.63) is 89.2 Å². The smallest absolute Gasteiger partial charge is 0.308 e. The van der Waals surface area contributed by atoms with Gasteiger partial charge in [0.2, 0.25) is 0 Å². The van der Waals surface area contributed by atoms with E-state index < -0.39 is 5.60 Å². The van der Waals surface area contributed by atoms with Gasteiger partial charge in [-0.05, 0) is 48.5 Å². The minimum absolute atomic E-state index is 0.108. The van der Waals surface area contributed by atoms with Crippen molar-refractivity contribution in [2.45, 2.75) is 64.4 Å². The largest absolute Gasteiger partial charge is 0.426 e. The van der Waals surface area contributed by atoms with Gasteiger partial charge in [0, 0.05) is 12.5 Å². The van der Waals surface area contributed by atoms with Crippen LogP contribution in [0.2, 0.25) is 0 Å². The first-order chi connectivity index (χ1) is 15.1. The molecule has 1 heterocycles. The number of carbonyl (C=O) groups excluding carboxylic acids is 1. The Kier molecular flexibility index (Phi) is 6.40. The first kappa shape index (κ1) is 21.5. The molecule has 3 atom stereocenters. The fourth-order valence-electron chi connectivity index (χ4n) is 4.73. The second-order valence-corrected chi connectivity index (χ2v) is 8.06. The molecule has 0 spiro atoms. The third-order valence-electron chi connectivity index (χ3n) is 6.09. The molecule has 31 heavy (non-hydrogen) atoms. The van der Waals surface area contributed by atoms with Crippen molar-refractivity contribution in [1.82, 2.24) is 0 Å². The zero-order valence-corrected chi connectivity index (χ0v) is 18.5. The van der Waals surface area contributed by atoms with Gasteiger partial charge < -0.3 is 14.2 Å². The number of allylic oxidation sites excluding steroid dienone is 2. The molecule has 2 aliphatic rings. The minimum atomic E-state index is -0.690. The number of rotatable bonds is 6. The lowest BCUT2D eigenvalue weighted by Crippen LogP contribution is -2.39. The van der Waals surface area contributed by atoms with Crippen molar-refractivity contribution >= 4 is 11.5 Å². The van der Waals surface area contributed by atoms with Gasteiger partial charge in [-0.25, -0.2) is 0 Å². The number of carbonyl (C=O) groups is 1. The summed E-state index contributed by atoms with van der Waals surface area (Å²) < 4.78 is 18.7. The molecular weight excluding hydrogens is 388 g/mol. The number of ether oxygens (including phenoxy) is 3. The van der Waals surface area contributed by atoms with Gasteiger partial charge in [-0.1, -0.05) is 74.5 Å². The molecule has 162 valence electrons. The molecule has 0 unspecified atom stereocenters. The van der Waals surface area contributed by atoms with Crippen LogP contribution in [0.5, 0.6) is 0 Å². The molecule has 1 aliphatic carbocycles. The Bertz CT molecular complexity index is 977. The predicted octanol–water partition coefficient (Wildman–Crippen LogP) is 6.14. The first-order valence-corrected chi connectivity index (χ1v) is 11.1. The van der Waals surface area contributed by atoms with E-state index in [2.05, 4.69) is 38.1 Å². The molecule has 2 aromatic carbocycles. The van der Waals surface area contributed by atoms with Crippen LogP contribution in [0.1, 0.15) is 57.6 Å². The summed E-state index contributed by atoms with van der Waals surface area (Å²) in [5, 5.41) is 0. The normalized spacial score (nSPS) is 26.0. The second kappa shape index (κ2) is 9.21. The summed E-state index contributed by atoms with van der Waals surface area (Å²) in [6, 6.07) is 20.4. The molecule has 0 N–H and O–H groups in total. The zero-order chi connectivity index (χ0) is 21.8. The molecule has 4 nitrogen and oxygen atoms in total. The predicted molar refractivity (Wildman–Crippen MR) is 121 cm³/mol. The number of hydrogen-bond donors (Lipinski definition) is 0. The van der Waals surface area contributed by atoms with Crippen molar-refractivity contribution in [1.29, 1.82) is 0 Å². The van der Waals surface area contributed by atoms with Gasteiger partial charge in [0.15, 0.2) is 6.29 Å². The minimum Gasteiger partial charge on any atom is -0.426 e. The van der Waals surface area contributed by atoms with Gasteiger partial charge in [-0.15, -0.1) is 0 Å². The Morgan fingerprint density at radius 1 is 1.00 bits per heavy atom. The fraction of sp³-hybridized carbons (Fsp3) is 0.370. The van der Waals surface area contributed by atoms with Crippen molar-refractivity contribution < 1.29 is 19.0 Å². The van der Waals surface area contributed by atoms with E-state index in [9.17, 15) is 4.79 Å². The molecule has 0 saturated carbocycles. The molecule has 1 aliphatic heterocycles. The average Bonchev–Trinajstić information content (AvgIpc) is 3.20. The Labute approximate surface area is 184 Å². The SMILES string of the molecule is CC[C@H]1O[C@@H](CC)[C@](C2=CC(OC(C)=O)=C(c3ccccc3)CC2)(c2ccccc2)O1. The van der Waals surface area contributed by atoms with Crippen molar-refractivity contribution in [2.24, 2.45) is 0 Å². The van der Waals surface area contributed by atoms with Crippen LogP contribution in [0.15, 0.2) is 78.1 Å². The monoisotopic (exact) mass is 418 g/mol. The van der Waals surface area contributed by atoms with Crippen LogP contribution in [0.4, 0.5) is 0 Å². The molecule has 4 rings (SSSR count). The summed E-state index contributed by atoms with van der Waals surface area (Å²) >= 11 is 0. The van der Waals surface area contributed by atoms with Gasteiger partial charge >= 0.3 is 5.97 Å². The molecule has 0 amide bonds. The third-order valence-corrected chi connectivity index (χ3v) is 6.09. The lowest BCUT2D eigenvalue weighted by atomic mass is 9.75. The second-order valence-electron chi connectivity index (χ2n) is 8.06. The quantitative estimate of drug-likeness (QED) is 0.529. The van der Waals surface area contributed by atoms with Gasteiger partial charge in [0.1, 0.15) is 11.4 Å². The van der Waals surface area contributed by atoms with Gasteiger partial charge in [-0.2, -0.15) is 0 Å². The Balaban J connectivity index is 1.87. The highest BCUT2D eigenvalue weighted by molar-refractivity contribution is 5.76. The van der Waals surface area contributed by atoms with E-state index in [1.165, 1.54) is 6.92 Å². The van der Waals surface area contributed by atoms with Crippen LogP contribution in [-0.2, 0) is 24.6 Å². The number of hydrogen-bond acceptors (Lipinski definition) is 4. The lowest BCUT2D eigenvalue weighted by molar-refractivity contribution is -0.136. The standard InChI is InChI=1S/C27H30O4/c1-4-25-27(31-26(5-2)30-25,21-14-10-7-11-15-21)22-16-17-23(20-12-8-6-9-13-20)24(18-22)29-19(3)28/h6-15,18,25-26H,4-5,16-17H2,1-3H3/t25-,26-,27+/m0/s1. The molecule has 0 radical (unpaired) electrons. The van der Waals surface area contributed by atoms with E-state index in [1.54, 1.807) is 0 Å². The van der Waals surface area contributed by atoms with Gasteiger partial charge in [0.25, 0.3) is 0 Å². The Hall–Kier alpha value is -2.69. The van der Waals surface area contributed by atoms with Gasteiger partial charge in [0.05, 0.1) is 6.10 Å². The zero-order valence-electron chi connectivity index (χ0n) is 18.5. The van der Waals surface area contributed by atoms with E-state index in [4.69, 9.17) is 14.2 Å². The van der Waals surface area contributed by atoms with E-state index in [0.29, 0.717) is 5.76 Å². The highest BCUT2D eigenvalue weighted by Gasteiger charge is 2.52. The number of benzene rings is 2. The molecule has 1 fully saturated rings. The Morgan fingerprint density at radius 2 is 1.68 bits per heavy atom. The van der Waals surface area contributed by atoms with Crippen LogP contribution in [0, 0.1) is 0 Å². The molecule has 0 bridgehead atoms. The maximum absolute atomic E-state index is 11.9. The van der Waals surface area contributed by atoms with E-state index >= 15 is 0 Å². The van der Waals surface area contributed by atoms with Crippen molar-refractivity contribution in [3.63, 3.8) is 0 Å². The summed E-state index contributed by atoms with van der Waals surface area (Å²) in [6.07, 6.45) is 4.82. The fourth-order valence-corrected chi connectivity index (χ4v) is 4.73. The highest BCUT2D eigenvalue weighted by atomic mass is 16.7. The molecule has 1 saturated heterocycles. The highest BCUT2D eigenvalue weighted by Crippen LogP contribution is 2.50. The summed E-state index contributed by atoms with van der Waals surface area (Å²) in [5.41, 5.74) is 3.60. The number of esters is 1. The first-order valence-electron chi connectivity index (χ1n) is 11.1. The summed E-state index contributed by atoms with van der Waals surface area (Å²) in [5.74, 6) is 0.283. The van der Waals surface area contributed by atoms with Crippen LogP contribution in [0.25, 0.3) is 5.57 Å². The van der Waals surface area contributed by atoms with Crippen molar-refractivity contribution in [2.75, 3.05) is 0 Å². The Morgan fingerprint density at radius 3 is 2.29 bits per heavy atom. The third kappa shape index (κ3) is 4.10. The molecule has 0 aromatic heterocycles. The van der Waals surface area contributed by atoms with Crippen LogP contribution < -0.4 is 0 Å².